The standard InChI is InChI=1S/C35H44N4O6/c1-9-22-21(6)34(42)39-29(22)16-27-20(5)25(12-14-33(41)45-8)31(37-27)17-30-24(11-13-32(40)44-7)19(4)26(36-30)15-28-18(3)23(10-2)35(43)38-28/h9,15-17,19,21,24,37-38,43H,10-14H2,1-8H3. The van der Waals surface area contributed by atoms with Gasteiger partial charge in [0.25, 0.3) is 5.91 Å². The quantitative estimate of drug-likeness (QED) is 0.342. The molecule has 1 amide bonds. The van der Waals surface area contributed by atoms with E-state index in [9.17, 15) is 19.5 Å². The SMILES string of the molecule is CC=C1C(C=c2[nH]c(=CC3=NC(=Cc4[nH]c(O)c(CC)c4C)C(C)C3CCC(=O)OC)c(CCC(=O)OC)c2C)=NC(=O)C1C. The van der Waals surface area contributed by atoms with Gasteiger partial charge in [-0.3, -0.25) is 19.4 Å². The smallest absolute Gasteiger partial charge is 0.305 e. The molecule has 0 fully saturated rings. The molecule has 45 heavy (non-hydrogen) atoms. The summed E-state index contributed by atoms with van der Waals surface area (Å²) in [4.78, 5) is 52.6. The fourth-order valence-corrected chi connectivity index (χ4v) is 6.26. The van der Waals surface area contributed by atoms with Crippen molar-refractivity contribution in [3.8, 4) is 5.88 Å². The predicted molar refractivity (Wildman–Crippen MR) is 175 cm³/mol. The lowest BCUT2D eigenvalue weighted by molar-refractivity contribution is -0.141. The van der Waals surface area contributed by atoms with Crippen LogP contribution in [0.25, 0.3) is 18.2 Å². The molecule has 0 aromatic carbocycles. The van der Waals surface area contributed by atoms with Gasteiger partial charge < -0.3 is 24.5 Å². The lowest BCUT2D eigenvalue weighted by Gasteiger charge is -2.16. The van der Waals surface area contributed by atoms with Gasteiger partial charge in [0.1, 0.15) is 0 Å². The molecule has 0 radical (unpaired) electrons. The Kier molecular flexibility index (Phi) is 10.5. The average Bonchev–Trinajstić information content (AvgIpc) is 3.66. The number of rotatable bonds is 10. The number of nitrogens with zero attached hydrogens (tertiary/aromatic N) is 2. The number of hydrogen-bond acceptors (Lipinski definition) is 7. The lowest BCUT2D eigenvalue weighted by atomic mass is 9.86. The Hall–Kier alpha value is -4.47. The third-order valence-electron chi connectivity index (χ3n) is 9.14. The molecule has 2 aromatic rings. The maximum atomic E-state index is 12.4. The fraction of sp³-hybridized carbons (Fsp3) is 0.457. The van der Waals surface area contributed by atoms with Gasteiger partial charge in [-0.2, -0.15) is 0 Å². The van der Waals surface area contributed by atoms with Crippen molar-refractivity contribution in [1.82, 2.24) is 9.97 Å². The van der Waals surface area contributed by atoms with Crippen LogP contribution in [0.5, 0.6) is 5.88 Å². The number of nitrogens with one attached hydrogen (secondary N) is 2. The van der Waals surface area contributed by atoms with E-state index in [4.69, 9.17) is 14.5 Å². The number of carbonyl (C=O) groups is 3. The Morgan fingerprint density at radius 2 is 1.62 bits per heavy atom. The van der Waals surface area contributed by atoms with Crippen molar-refractivity contribution in [3.63, 3.8) is 0 Å². The van der Waals surface area contributed by atoms with Gasteiger partial charge in [-0.15, -0.1) is 0 Å². The molecule has 3 atom stereocenters. The van der Waals surface area contributed by atoms with Gasteiger partial charge in [0.2, 0.25) is 0 Å². The summed E-state index contributed by atoms with van der Waals surface area (Å²) < 4.78 is 9.85. The van der Waals surface area contributed by atoms with E-state index in [0.29, 0.717) is 25.0 Å². The summed E-state index contributed by atoms with van der Waals surface area (Å²) >= 11 is 0. The highest BCUT2D eigenvalue weighted by molar-refractivity contribution is 6.29. The Morgan fingerprint density at radius 3 is 2.24 bits per heavy atom. The second-order valence-corrected chi connectivity index (χ2v) is 11.7. The van der Waals surface area contributed by atoms with Crippen molar-refractivity contribution in [2.75, 3.05) is 14.2 Å². The number of aliphatic imine (C=N–C) groups is 2. The molecule has 2 aromatic heterocycles. The summed E-state index contributed by atoms with van der Waals surface area (Å²) in [5.74, 6) is -1.01. The minimum Gasteiger partial charge on any atom is -0.494 e. The third-order valence-corrected chi connectivity index (χ3v) is 9.14. The van der Waals surface area contributed by atoms with E-state index in [-0.39, 0.29) is 54.3 Å². The van der Waals surface area contributed by atoms with Crippen molar-refractivity contribution < 1.29 is 29.0 Å². The molecule has 3 N–H and O–H groups in total. The molecule has 3 unspecified atom stereocenters. The molecule has 2 aliphatic rings. The molecular formula is C35H44N4O6. The van der Waals surface area contributed by atoms with Crippen LogP contribution in [0, 0.1) is 31.6 Å². The zero-order valence-electron chi connectivity index (χ0n) is 27.5. The molecule has 4 heterocycles. The van der Waals surface area contributed by atoms with Crippen LogP contribution < -0.4 is 10.7 Å². The van der Waals surface area contributed by atoms with Crippen LogP contribution in [-0.4, -0.2) is 58.6 Å². The zero-order chi connectivity index (χ0) is 33.0. The van der Waals surface area contributed by atoms with Crippen molar-refractivity contribution in [2.45, 2.75) is 73.6 Å². The first-order chi connectivity index (χ1) is 21.4. The number of ether oxygens (including phenoxy) is 2. The number of allylic oxidation sites excluding steroid dienone is 2. The minimum atomic E-state index is -0.313. The maximum Gasteiger partial charge on any atom is 0.305 e. The summed E-state index contributed by atoms with van der Waals surface area (Å²) in [7, 11) is 2.76. The number of carbonyl (C=O) groups excluding carboxylic acids is 3. The van der Waals surface area contributed by atoms with Crippen LogP contribution in [-0.2, 0) is 36.7 Å². The summed E-state index contributed by atoms with van der Waals surface area (Å²) in [6.07, 6.45) is 9.87. The number of H-pyrrole nitrogens is 2. The first-order valence-electron chi connectivity index (χ1n) is 15.5. The Balaban J connectivity index is 1.87. The molecule has 4 rings (SSSR count). The van der Waals surface area contributed by atoms with Crippen LogP contribution in [0.15, 0.2) is 27.3 Å². The highest BCUT2D eigenvalue weighted by Gasteiger charge is 2.32. The second-order valence-electron chi connectivity index (χ2n) is 11.7. The highest BCUT2D eigenvalue weighted by atomic mass is 16.5. The summed E-state index contributed by atoms with van der Waals surface area (Å²) in [5, 5.41) is 12.0. The van der Waals surface area contributed by atoms with Crippen molar-refractivity contribution in [3.05, 3.63) is 56.0 Å². The van der Waals surface area contributed by atoms with Crippen molar-refractivity contribution in [1.29, 1.82) is 0 Å². The van der Waals surface area contributed by atoms with Crippen LogP contribution in [0.1, 0.15) is 74.9 Å². The van der Waals surface area contributed by atoms with Crippen molar-refractivity contribution in [2.24, 2.45) is 27.7 Å². The fourth-order valence-electron chi connectivity index (χ4n) is 6.26. The summed E-state index contributed by atoms with van der Waals surface area (Å²) in [6, 6.07) is 0. The average molecular weight is 617 g/mol. The minimum absolute atomic E-state index is 0.0194. The molecular weight excluding hydrogens is 572 g/mol. The molecule has 0 bridgehead atoms. The highest BCUT2D eigenvalue weighted by Crippen LogP contribution is 2.37. The molecule has 240 valence electrons. The van der Waals surface area contributed by atoms with Gasteiger partial charge in [-0.1, -0.05) is 19.9 Å². The van der Waals surface area contributed by atoms with Crippen LogP contribution in [0.2, 0.25) is 0 Å². The van der Waals surface area contributed by atoms with Crippen molar-refractivity contribution >= 4 is 47.5 Å². The van der Waals surface area contributed by atoms with E-state index in [2.05, 4.69) is 21.9 Å². The molecule has 10 nitrogen and oxygen atoms in total. The predicted octanol–water partition coefficient (Wildman–Crippen LogP) is 4.16. The Labute approximate surface area is 263 Å². The van der Waals surface area contributed by atoms with Gasteiger partial charge in [0.15, 0.2) is 5.88 Å². The van der Waals surface area contributed by atoms with Gasteiger partial charge in [0, 0.05) is 58.0 Å². The number of amides is 1. The first-order valence-corrected chi connectivity index (χ1v) is 15.5. The third kappa shape index (κ3) is 6.95. The van der Waals surface area contributed by atoms with E-state index in [1.165, 1.54) is 14.2 Å². The monoisotopic (exact) mass is 616 g/mol. The number of aromatic amines is 2. The lowest BCUT2D eigenvalue weighted by Crippen LogP contribution is -2.21. The van der Waals surface area contributed by atoms with E-state index in [1.807, 2.05) is 58.9 Å². The summed E-state index contributed by atoms with van der Waals surface area (Å²) in [6.45, 7) is 11.8. The Bertz CT molecular complexity index is 1750. The second kappa shape index (κ2) is 14.1. The normalized spacial score (nSPS) is 22.5. The number of methoxy groups -OCH3 is 2. The molecule has 0 aliphatic carbocycles. The largest absolute Gasteiger partial charge is 0.494 e. The molecule has 0 spiro atoms. The molecule has 0 saturated carbocycles. The number of esters is 2. The number of aromatic hydroxyl groups is 1. The molecule has 10 heteroatoms. The van der Waals surface area contributed by atoms with Gasteiger partial charge in [-0.05, 0) is 87.4 Å². The topological polar surface area (TPSA) is 146 Å². The molecule has 2 aliphatic heterocycles. The van der Waals surface area contributed by atoms with Gasteiger partial charge >= 0.3 is 11.9 Å². The Morgan fingerprint density at radius 1 is 0.933 bits per heavy atom. The summed E-state index contributed by atoms with van der Waals surface area (Å²) in [5.41, 5.74) is 7.64. The van der Waals surface area contributed by atoms with E-state index >= 15 is 0 Å². The van der Waals surface area contributed by atoms with Gasteiger partial charge in [0.05, 0.1) is 25.8 Å². The van der Waals surface area contributed by atoms with E-state index in [0.717, 1.165) is 55.6 Å². The van der Waals surface area contributed by atoms with E-state index in [1.54, 1.807) is 0 Å². The number of hydrogen-bond donors (Lipinski definition) is 3. The molecule has 0 saturated heterocycles. The maximum absolute atomic E-state index is 12.4. The number of aromatic nitrogens is 2. The van der Waals surface area contributed by atoms with Crippen LogP contribution in [0.4, 0.5) is 0 Å². The first kappa shape index (κ1) is 33.4. The zero-order valence-corrected chi connectivity index (χ0v) is 27.5. The van der Waals surface area contributed by atoms with E-state index < -0.39 is 0 Å². The van der Waals surface area contributed by atoms with Gasteiger partial charge in [-0.25, -0.2) is 4.99 Å². The van der Waals surface area contributed by atoms with Crippen LogP contribution >= 0.6 is 0 Å². The van der Waals surface area contributed by atoms with Crippen LogP contribution in [0.3, 0.4) is 0 Å².